The fourth-order valence-electron chi connectivity index (χ4n) is 2.49. The molecule has 0 aliphatic heterocycles. The highest BCUT2D eigenvalue weighted by molar-refractivity contribution is 14.0. The molecule has 0 aliphatic rings. The largest absolute Gasteiger partial charge is 0.356 e. The fraction of sp³-hybridized carbons (Fsp3) is 0.500. The second-order valence-electron chi connectivity index (χ2n) is 6.93. The van der Waals surface area contributed by atoms with Crippen molar-refractivity contribution >= 4 is 46.9 Å². The molecule has 1 heterocycles. The summed E-state index contributed by atoms with van der Waals surface area (Å²) in [7, 11) is 1.69. The predicted octanol–water partition coefficient (Wildman–Crippen LogP) is 2.12. The van der Waals surface area contributed by atoms with Gasteiger partial charge in [0.2, 0.25) is 5.91 Å². The average molecular weight is 472 g/mol. The zero-order valence-electron chi connectivity index (χ0n) is 15.9. The number of fused-ring (bicyclic) bond motifs is 1. The number of halogens is 1. The van der Waals surface area contributed by atoms with Gasteiger partial charge in [-0.05, 0) is 39.3 Å². The van der Waals surface area contributed by atoms with Crippen molar-refractivity contribution in [3.05, 3.63) is 30.6 Å². The van der Waals surface area contributed by atoms with Crippen LogP contribution in [0.4, 0.5) is 0 Å². The van der Waals surface area contributed by atoms with Gasteiger partial charge >= 0.3 is 0 Å². The molecule has 144 valence electrons. The lowest BCUT2D eigenvalue weighted by Crippen LogP contribution is -2.48. The maximum absolute atomic E-state index is 11.8. The number of imidazole rings is 1. The Bertz CT molecular complexity index is 735. The molecule has 3 N–H and O–H groups in total. The van der Waals surface area contributed by atoms with Crippen LogP contribution in [0.5, 0.6) is 0 Å². The summed E-state index contributed by atoms with van der Waals surface area (Å²) in [6, 6.07) is 8.10. The lowest BCUT2D eigenvalue weighted by Gasteiger charge is -2.21. The Hall–Kier alpha value is -1.84. The van der Waals surface area contributed by atoms with Crippen molar-refractivity contribution in [2.24, 2.45) is 4.99 Å². The number of benzene rings is 1. The van der Waals surface area contributed by atoms with Gasteiger partial charge in [-0.2, -0.15) is 0 Å². The van der Waals surface area contributed by atoms with E-state index in [4.69, 9.17) is 0 Å². The second-order valence-corrected chi connectivity index (χ2v) is 6.93. The van der Waals surface area contributed by atoms with Crippen LogP contribution >= 0.6 is 24.0 Å². The highest BCUT2D eigenvalue weighted by atomic mass is 127. The van der Waals surface area contributed by atoms with Gasteiger partial charge in [0.1, 0.15) is 0 Å². The third kappa shape index (κ3) is 7.19. The molecule has 0 spiro atoms. The lowest BCUT2D eigenvalue weighted by molar-refractivity contribution is -0.121. The van der Waals surface area contributed by atoms with Gasteiger partial charge in [-0.25, -0.2) is 4.98 Å². The first-order chi connectivity index (χ1) is 11.9. The molecule has 26 heavy (non-hydrogen) atoms. The third-order valence-electron chi connectivity index (χ3n) is 3.55. The Morgan fingerprint density at radius 1 is 1.23 bits per heavy atom. The minimum Gasteiger partial charge on any atom is -0.356 e. The van der Waals surface area contributed by atoms with E-state index >= 15 is 0 Å². The molecule has 0 atom stereocenters. The summed E-state index contributed by atoms with van der Waals surface area (Å²) in [5.74, 6) is 0.569. The molecule has 0 saturated heterocycles. The van der Waals surface area contributed by atoms with E-state index in [2.05, 4.69) is 36.6 Å². The Morgan fingerprint density at radius 2 is 1.96 bits per heavy atom. The summed E-state index contributed by atoms with van der Waals surface area (Å²) in [5.41, 5.74) is 1.92. The zero-order chi connectivity index (χ0) is 18.3. The van der Waals surface area contributed by atoms with Gasteiger partial charge in [0.05, 0.1) is 23.9 Å². The van der Waals surface area contributed by atoms with Crippen molar-refractivity contribution < 1.29 is 4.79 Å². The number of carbonyl (C=O) groups is 1. The minimum atomic E-state index is -0.233. The monoisotopic (exact) mass is 472 g/mol. The topological polar surface area (TPSA) is 83.3 Å². The van der Waals surface area contributed by atoms with Crippen LogP contribution in [0.2, 0.25) is 0 Å². The number of hydrogen-bond acceptors (Lipinski definition) is 3. The number of carbonyl (C=O) groups excluding carboxylic acids is 1. The highest BCUT2D eigenvalue weighted by Crippen LogP contribution is 2.11. The van der Waals surface area contributed by atoms with Crippen LogP contribution in [-0.4, -0.2) is 47.1 Å². The first-order valence-corrected chi connectivity index (χ1v) is 8.54. The molecule has 0 fully saturated rings. The minimum absolute atomic E-state index is 0. The van der Waals surface area contributed by atoms with E-state index in [1.807, 2.05) is 45.3 Å². The van der Waals surface area contributed by atoms with Crippen LogP contribution in [0.15, 0.2) is 35.6 Å². The van der Waals surface area contributed by atoms with E-state index in [9.17, 15) is 4.79 Å². The number of rotatable bonds is 6. The van der Waals surface area contributed by atoms with Crippen LogP contribution < -0.4 is 16.0 Å². The lowest BCUT2D eigenvalue weighted by atomic mass is 10.1. The van der Waals surface area contributed by atoms with Crippen molar-refractivity contribution in [2.45, 2.75) is 39.3 Å². The van der Waals surface area contributed by atoms with E-state index in [1.54, 1.807) is 7.05 Å². The first-order valence-electron chi connectivity index (χ1n) is 8.54. The van der Waals surface area contributed by atoms with Crippen LogP contribution in [-0.2, 0) is 11.3 Å². The molecule has 7 nitrogen and oxygen atoms in total. The summed E-state index contributed by atoms with van der Waals surface area (Å²) in [6.07, 6.45) is 2.80. The van der Waals surface area contributed by atoms with E-state index in [0.717, 1.165) is 30.5 Å². The van der Waals surface area contributed by atoms with E-state index in [0.29, 0.717) is 5.96 Å². The van der Waals surface area contributed by atoms with Crippen molar-refractivity contribution in [2.75, 3.05) is 20.1 Å². The summed E-state index contributed by atoms with van der Waals surface area (Å²) in [4.78, 5) is 20.3. The number of aryl methyl sites for hydroxylation is 1. The molecular formula is C18H29IN6O. The Labute approximate surface area is 172 Å². The molecule has 1 aromatic carbocycles. The van der Waals surface area contributed by atoms with Gasteiger partial charge < -0.3 is 20.5 Å². The van der Waals surface area contributed by atoms with Crippen LogP contribution in [0, 0.1) is 0 Å². The molecular weight excluding hydrogens is 443 g/mol. The molecule has 0 saturated carbocycles. The Morgan fingerprint density at radius 3 is 2.65 bits per heavy atom. The van der Waals surface area contributed by atoms with Crippen LogP contribution in [0.25, 0.3) is 11.0 Å². The fourth-order valence-corrected chi connectivity index (χ4v) is 2.49. The molecule has 2 aromatic rings. The number of para-hydroxylation sites is 2. The predicted molar refractivity (Wildman–Crippen MR) is 117 cm³/mol. The second kappa shape index (κ2) is 10.3. The van der Waals surface area contributed by atoms with E-state index in [1.165, 1.54) is 0 Å². The summed E-state index contributed by atoms with van der Waals surface area (Å²) >= 11 is 0. The van der Waals surface area contributed by atoms with Gasteiger partial charge in [-0.15, -0.1) is 24.0 Å². The zero-order valence-corrected chi connectivity index (χ0v) is 18.2. The summed E-state index contributed by atoms with van der Waals surface area (Å²) in [6.45, 7) is 7.69. The van der Waals surface area contributed by atoms with Crippen LogP contribution in [0.3, 0.4) is 0 Å². The van der Waals surface area contributed by atoms with Gasteiger partial charge in [-0.1, -0.05) is 12.1 Å². The maximum atomic E-state index is 11.8. The maximum Gasteiger partial charge on any atom is 0.239 e. The number of amides is 1. The number of guanidine groups is 1. The van der Waals surface area contributed by atoms with Crippen molar-refractivity contribution in [1.29, 1.82) is 0 Å². The van der Waals surface area contributed by atoms with Gasteiger partial charge in [0.15, 0.2) is 5.96 Å². The van der Waals surface area contributed by atoms with Crippen molar-refractivity contribution in [1.82, 2.24) is 25.5 Å². The standard InChI is InChI=1S/C18H28N6O.HI/c1-18(2,3)23-16(25)12-21-17(19-4)20-10-7-11-24-13-22-14-8-5-6-9-15(14)24;/h5-6,8-9,13H,7,10-12H2,1-4H3,(H,23,25)(H2,19,20,21);1H. The number of hydrogen-bond donors (Lipinski definition) is 3. The smallest absolute Gasteiger partial charge is 0.239 e. The Kier molecular flexibility index (Phi) is 8.83. The quantitative estimate of drug-likeness (QED) is 0.260. The van der Waals surface area contributed by atoms with Crippen molar-refractivity contribution in [3.8, 4) is 0 Å². The van der Waals surface area contributed by atoms with Gasteiger partial charge in [0.25, 0.3) is 0 Å². The number of aromatic nitrogens is 2. The Balaban J connectivity index is 0.00000338. The van der Waals surface area contributed by atoms with Crippen molar-refractivity contribution in [3.63, 3.8) is 0 Å². The molecule has 0 radical (unpaired) electrons. The van der Waals surface area contributed by atoms with E-state index in [-0.39, 0.29) is 42.0 Å². The third-order valence-corrected chi connectivity index (χ3v) is 3.55. The molecule has 0 aliphatic carbocycles. The van der Waals surface area contributed by atoms with Gasteiger partial charge in [0, 0.05) is 25.7 Å². The number of aliphatic imine (C=N–C) groups is 1. The van der Waals surface area contributed by atoms with E-state index < -0.39 is 0 Å². The summed E-state index contributed by atoms with van der Waals surface area (Å²) < 4.78 is 2.14. The number of nitrogens with zero attached hydrogens (tertiary/aromatic N) is 3. The first kappa shape index (κ1) is 22.2. The average Bonchev–Trinajstić information content (AvgIpc) is 2.96. The normalized spacial score (nSPS) is 11.8. The molecule has 1 amide bonds. The summed E-state index contributed by atoms with van der Waals surface area (Å²) in [5, 5.41) is 9.15. The number of nitrogens with one attached hydrogen (secondary N) is 3. The highest BCUT2D eigenvalue weighted by Gasteiger charge is 2.13. The van der Waals surface area contributed by atoms with Gasteiger partial charge in [-0.3, -0.25) is 9.79 Å². The molecule has 8 heteroatoms. The molecule has 1 aromatic heterocycles. The van der Waals surface area contributed by atoms with Crippen LogP contribution in [0.1, 0.15) is 27.2 Å². The molecule has 2 rings (SSSR count). The SMILES string of the molecule is CN=C(NCCCn1cnc2ccccc21)NCC(=O)NC(C)(C)C.I. The molecule has 0 bridgehead atoms. The molecule has 0 unspecified atom stereocenters.